The number of ether oxygens (including phenoxy) is 1. The number of hydrogen-bond donors (Lipinski definition) is 1. The van der Waals surface area contributed by atoms with Crippen LogP contribution in [-0.4, -0.2) is 48.1 Å². The number of benzene rings is 1. The highest BCUT2D eigenvalue weighted by Gasteiger charge is 2.26. The first-order valence-electron chi connectivity index (χ1n) is 9.38. The average molecular weight is 374 g/mol. The highest BCUT2D eigenvalue weighted by molar-refractivity contribution is 6.35. The third-order valence-electron chi connectivity index (χ3n) is 5.27. The molecule has 26 heavy (non-hydrogen) atoms. The molecule has 2 aliphatic rings. The molecule has 1 saturated carbocycles. The van der Waals surface area contributed by atoms with Crippen LogP contribution in [0.15, 0.2) is 30.5 Å². The number of piperidine rings is 1. The van der Waals surface area contributed by atoms with Gasteiger partial charge in [0.15, 0.2) is 6.61 Å². The lowest BCUT2D eigenvalue weighted by atomic mass is 10.0. The molecule has 1 aliphatic heterocycles. The summed E-state index contributed by atoms with van der Waals surface area (Å²) in [6, 6.07) is 7.84. The normalized spacial score (nSPS) is 18.3. The van der Waals surface area contributed by atoms with Gasteiger partial charge < -0.3 is 15.0 Å². The van der Waals surface area contributed by atoms with Gasteiger partial charge in [-0.2, -0.15) is 0 Å². The van der Waals surface area contributed by atoms with E-state index in [0.717, 1.165) is 43.8 Å². The molecule has 2 fully saturated rings. The van der Waals surface area contributed by atoms with Crippen LogP contribution in [0.4, 0.5) is 0 Å². The zero-order valence-corrected chi connectivity index (χ0v) is 15.5. The zero-order valence-electron chi connectivity index (χ0n) is 14.8. The summed E-state index contributed by atoms with van der Waals surface area (Å²) in [4.78, 5) is 18.7. The molecule has 1 aliphatic carbocycles. The predicted molar refractivity (Wildman–Crippen MR) is 103 cm³/mol. The van der Waals surface area contributed by atoms with Crippen molar-refractivity contribution in [3.63, 3.8) is 0 Å². The number of hydrogen-bond acceptors (Lipinski definition) is 4. The monoisotopic (exact) mass is 373 g/mol. The van der Waals surface area contributed by atoms with Crippen LogP contribution >= 0.6 is 11.6 Å². The van der Waals surface area contributed by atoms with Crippen molar-refractivity contribution in [2.75, 3.05) is 26.2 Å². The van der Waals surface area contributed by atoms with Crippen LogP contribution in [-0.2, 0) is 4.79 Å². The van der Waals surface area contributed by atoms with E-state index in [9.17, 15) is 4.79 Å². The Hall–Kier alpha value is -1.85. The SMILES string of the molecule is O=C(COc1ccc(Cl)c2cccnc12)N1CCC(NCC2CC2)CC1. The van der Waals surface area contributed by atoms with Gasteiger partial charge in [0.2, 0.25) is 0 Å². The summed E-state index contributed by atoms with van der Waals surface area (Å²) in [6.07, 6.45) is 6.48. The number of nitrogens with one attached hydrogen (secondary N) is 1. The number of aromatic nitrogens is 1. The van der Waals surface area contributed by atoms with E-state index in [0.29, 0.717) is 22.3 Å². The number of fused-ring (bicyclic) bond motifs is 1. The summed E-state index contributed by atoms with van der Waals surface area (Å²) in [5.41, 5.74) is 0.691. The molecule has 0 bridgehead atoms. The van der Waals surface area contributed by atoms with Crippen molar-refractivity contribution >= 4 is 28.4 Å². The number of nitrogens with zero attached hydrogens (tertiary/aromatic N) is 2. The largest absolute Gasteiger partial charge is 0.481 e. The highest BCUT2D eigenvalue weighted by Crippen LogP contribution is 2.30. The molecule has 1 aromatic carbocycles. The Morgan fingerprint density at radius 2 is 2.04 bits per heavy atom. The molecule has 1 saturated heterocycles. The second-order valence-corrected chi connectivity index (χ2v) is 7.65. The van der Waals surface area contributed by atoms with Crippen LogP contribution in [0, 0.1) is 5.92 Å². The number of pyridine rings is 1. The smallest absolute Gasteiger partial charge is 0.260 e. The summed E-state index contributed by atoms with van der Waals surface area (Å²) in [5, 5.41) is 5.10. The van der Waals surface area contributed by atoms with Gasteiger partial charge >= 0.3 is 0 Å². The molecule has 1 amide bonds. The molecule has 0 atom stereocenters. The van der Waals surface area contributed by atoms with Gasteiger partial charge in [0.1, 0.15) is 11.3 Å². The van der Waals surface area contributed by atoms with Crippen molar-refractivity contribution in [1.29, 1.82) is 0 Å². The standard InChI is InChI=1S/C20H24ClN3O2/c21-17-5-6-18(20-16(17)2-1-9-22-20)26-13-19(25)24-10-7-15(8-11-24)23-12-14-3-4-14/h1-2,5-6,9,14-15,23H,3-4,7-8,10-13H2. The van der Waals surface area contributed by atoms with Crippen molar-refractivity contribution in [2.24, 2.45) is 5.92 Å². The Labute approximate surface area is 158 Å². The fraction of sp³-hybridized carbons (Fsp3) is 0.500. The fourth-order valence-corrected chi connectivity index (χ4v) is 3.66. The maximum Gasteiger partial charge on any atom is 0.260 e. The summed E-state index contributed by atoms with van der Waals surface area (Å²) in [7, 11) is 0. The molecule has 6 heteroatoms. The summed E-state index contributed by atoms with van der Waals surface area (Å²) in [5.74, 6) is 1.52. The number of carbonyl (C=O) groups excluding carboxylic acids is 1. The van der Waals surface area contributed by atoms with Crippen LogP contribution < -0.4 is 10.1 Å². The third kappa shape index (κ3) is 4.10. The van der Waals surface area contributed by atoms with Crippen LogP contribution in [0.25, 0.3) is 10.9 Å². The van der Waals surface area contributed by atoms with Gasteiger partial charge in [0.25, 0.3) is 5.91 Å². The van der Waals surface area contributed by atoms with E-state index < -0.39 is 0 Å². The van der Waals surface area contributed by atoms with Crippen molar-refractivity contribution in [3.8, 4) is 5.75 Å². The van der Waals surface area contributed by atoms with E-state index in [-0.39, 0.29) is 12.5 Å². The van der Waals surface area contributed by atoms with Gasteiger partial charge in [-0.25, -0.2) is 0 Å². The molecular weight excluding hydrogens is 350 g/mol. The van der Waals surface area contributed by atoms with Gasteiger partial charge in [-0.3, -0.25) is 9.78 Å². The van der Waals surface area contributed by atoms with Gasteiger partial charge in [-0.15, -0.1) is 0 Å². The first kappa shape index (κ1) is 17.6. The zero-order chi connectivity index (χ0) is 17.9. The number of likely N-dealkylation sites (tertiary alicyclic amines) is 1. The molecular formula is C20H24ClN3O2. The average Bonchev–Trinajstić information content (AvgIpc) is 3.51. The van der Waals surface area contributed by atoms with E-state index in [4.69, 9.17) is 16.3 Å². The van der Waals surface area contributed by atoms with Crippen molar-refractivity contribution < 1.29 is 9.53 Å². The number of halogens is 1. The molecule has 0 radical (unpaired) electrons. The van der Waals surface area contributed by atoms with Crippen LogP contribution in [0.5, 0.6) is 5.75 Å². The molecule has 0 spiro atoms. The first-order valence-corrected chi connectivity index (χ1v) is 9.75. The van der Waals surface area contributed by atoms with Crippen LogP contribution in [0.2, 0.25) is 5.02 Å². The van der Waals surface area contributed by atoms with Crippen LogP contribution in [0.1, 0.15) is 25.7 Å². The quantitative estimate of drug-likeness (QED) is 0.844. The summed E-state index contributed by atoms with van der Waals surface area (Å²) in [6.45, 7) is 2.76. The Balaban J connectivity index is 1.30. The van der Waals surface area contributed by atoms with Crippen molar-refractivity contribution in [3.05, 3.63) is 35.5 Å². The van der Waals surface area contributed by atoms with Gasteiger partial charge in [-0.05, 0) is 62.4 Å². The number of carbonyl (C=O) groups is 1. The number of amides is 1. The molecule has 138 valence electrons. The van der Waals surface area contributed by atoms with E-state index >= 15 is 0 Å². The van der Waals surface area contributed by atoms with Crippen molar-refractivity contribution in [2.45, 2.75) is 31.7 Å². The first-order chi connectivity index (χ1) is 12.7. The molecule has 4 rings (SSSR count). The Bertz CT molecular complexity index is 786. The van der Waals surface area contributed by atoms with E-state index in [2.05, 4.69) is 10.3 Å². The third-order valence-corrected chi connectivity index (χ3v) is 5.60. The van der Waals surface area contributed by atoms with Crippen LogP contribution in [0.3, 0.4) is 0 Å². The summed E-state index contributed by atoms with van der Waals surface area (Å²) >= 11 is 6.20. The minimum Gasteiger partial charge on any atom is -0.481 e. The van der Waals surface area contributed by atoms with E-state index in [1.165, 1.54) is 12.8 Å². The number of rotatable bonds is 6. The predicted octanol–water partition coefficient (Wildman–Crippen LogP) is 3.26. The van der Waals surface area contributed by atoms with Gasteiger partial charge in [0, 0.05) is 30.7 Å². The highest BCUT2D eigenvalue weighted by atomic mass is 35.5. The van der Waals surface area contributed by atoms with E-state index in [1.54, 1.807) is 18.3 Å². The second kappa shape index (κ2) is 7.80. The Morgan fingerprint density at radius 3 is 2.81 bits per heavy atom. The maximum atomic E-state index is 12.5. The molecule has 0 unspecified atom stereocenters. The lowest BCUT2D eigenvalue weighted by Crippen LogP contribution is -2.46. The molecule has 1 N–H and O–H groups in total. The Morgan fingerprint density at radius 1 is 1.23 bits per heavy atom. The summed E-state index contributed by atoms with van der Waals surface area (Å²) < 4.78 is 5.78. The second-order valence-electron chi connectivity index (χ2n) is 7.24. The molecule has 2 heterocycles. The maximum absolute atomic E-state index is 12.5. The molecule has 5 nitrogen and oxygen atoms in total. The molecule has 1 aromatic heterocycles. The van der Waals surface area contributed by atoms with Crippen molar-refractivity contribution in [1.82, 2.24) is 15.2 Å². The Kier molecular flexibility index (Phi) is 5.27. The lowest BCUT2D eigenvalue weighted by Gasteiger charge is -2.32. The fourth-order valence-electron chi connectivity index (χ4n) is 3.45. The minimum absolute atomic E-state index is 0.0321. The van der Waals surface area contributed by atoms with E-state index in [1.807, 2.05) is 17.0 Å². The van der Waals surface area contributed by atoms with Gasteiger partial charge in [0.05, 0.1) is 5.02 Å². The van der Waals surface area contributed by atoms with Gasteiger partial charge in [-0.1, -0.05) is 11.6 Å². The minimum atomic E-state index is 0.0321. The molecule has 2 aromatic rings. The topological polar surface area (TPSA) is 54.5 Å². The lowest BCUT2D eigenvalue weighted by molar-refractivity contribution is -0.134.